The van der Waals surface area contributed by atoms with Gasteiger partial charge in [0.05, 0.1) is 10.9 Å². The molecule has 2 unspecified atom stereocenters. The summed E-state index contributed by atoms with van der Waals surface area (Å²) < 4.78 is 0. The van der Waals surface area contributed by atoms with E-state index in [2.05, 4.69) is 20.9 Å². The first-order chi connectivity index (χ1) is 6.70. The average molecular weight is 275 g/mol. The Morgan fingerprint density at radius 3 is 3.07 bits per heavy atom. The van der Waals surface area contributed by atoms with E-state index in [0.717, 1.165) is 18.0 Å². The molecule has 2 rings (SSSR count). The first-order valence-electron chi connectivity index (χ1n) is 4.54. The Bertz CT molecular complexity index is 328. The summed E-state index contributed by atoms with van der Waals surface area (Å²) in [6, 6.07) is 0.116. The zero-order valence-corrected chi connectivity index (χ0v) is 10.2. The third-order valence-corrected chi connectivity index (χ3v) is 4.25. The van der Waals surface area contributed by atoms with Gasteiger partial charge >= 0.3 is 0 Å². The van der Waals surface area contributed by atoms with Crippen LogP contribution in [0, 0.1) is 0 Å². The first-order valence-corrected chi connectivity index (χ1v) is 6.33. The Hall–Kier alpha value is -0.420. The minimum atomic E-state index is 0.00455. The van der Waals surface area contributed by atoms with Gasteiger partial charge in [0.25, 0.3) is 0 Å². The van der Waals surface area contributed by atoms with E-state index in [4.69, 9.17) is 0 Å². The van der Waals surface area contributed by atoms with Crippen LogP contribution < -0.4 is 0 Å². The largest absolute Gasteiger partial charge is 0.332 e. The molecular formula is C9H11BrN2OS. The van der Waals surface area contributed by atoms with Gasteiger partial charge in [0.2, 0.25) is 5.91 Å². The fourth-order valence-corrected chi connectivity index (χ4v) is 2.80. The van der Waals surface area contributed by atoms with Gasteiger partial charge in [0.1, 0.15) is 5.01 Å². The average Bonchev–Trinajstić information content (AvgIpc) is 2.77. The number of carbonyl (C=O) groups excluding carboxylic acids is 1. The molecule has 1 fully saturated rings. The number of rotatable bonds is 2. The molecule has 3 nitrogen and oxygen atoms in total. The number of alkyl halides is 1. The standard InChI is InChI=1S/C9H11BrN2OS/c1-6(8-11-3-5-14-8)12-4-2-7(10)9(12)13/h3,5-7H,2,4H2,1H3. The number of amides is 1. The van der Waals surface area contributed by atoms with E-state index in [1.807, 2.05) is 17.2 Å². The molecule has 0 bridgehead atoms. The first kappa shape index (κ1) is 10.1. The van der Waals surface area contributed by atoms with Gasteiger partial charge in [-0.15, -0.1) is 11.3 Å². The van der Waals surface area contributed by atoms with Gasteiger partial charge in [-0.05, 0) is 13.3 Å². The Labute approximate surface area is 95.3 Å². The van der Waals surface area contributed by atoms with Crippen LogP contribution in [-0.4, -0.2) is 27.2 Å². The number of nitrogens with zero attached hydrogens (tertiary/aromatic N) is 2. The number of halogens is 1. The summed E-state index contributed by atoms with van der Waals surface area (Å²) >= 11 is 4.97. The molecule has 0 aromatic carbocycles. The molecule has 0 spiro atoms. The van der Waals surface area contributed by atoms with Crippen molar-refractivity contribution in [3.8, 4) is 0 Å². The van der Waals surface area contributed by atoms with Crippen LogP contribution in [0.1, 0.15) is 24.4 Å². The van der Waals surface area contributed by atoms with Gasteiger partial charge in [-0.25, -0.2) is 4.98 Å². The number of aromatic nitrogens is 1. The lowest BCUT2D eigenvalue weighted by Gasteiger charge is -2.22. The van der Waals surface area contributed by atoms with Crippen LogP contribution in [0.15, 0.2) is 11.6 Å². The van der Waals surface area contributed by atoms with Crippen molar-refractivity contribution in [2.24, 2.45) is 0 Å². The SMILES string of the molecule is CC(c1nccs1)N1CCC(Br)C1=O. The highest BCUT2D eigenvalue weighted by Gasteiger charge is 2.33. The van der Waals surface area contributed by atoms with Crippen molar-refractivity contribution in [2.75, 3.05) is 6.54 Å². The lowest BCUT2D eigenvalue weighted by Crippen LogP contribution is -2.30. The quantitative estimate of drug-likeness (QED) is 0.775. The predicted molar refractivity (Wildman–Crippen MR) is 59.6 cm³/mol. The molecule has 2 atom stereocenters. The van der Waals surface area contributed by atoms with Gasteiger partial charge < -0.3 is 4.90 Å². The lowest BCUT2D eigenvalue weighted by atomic mass is 10.3. The maximum absolute atomic E-state index is 11.7. The van der Waals surface area contributed by atoms with Crippen LogP contribution in [0.3, 0.4) is 0 Å². The van der Waals surface area contributed by atoms with Gasteiger partial charge in [-0.2, -0.15) is 0 Å². The summed E-state index contributed by atoms with van der Waals surface area (Å²) in [5.41, 5.74) is 0. The summed E-state index contributed by atoms with van der Waals surface area (Å²) in [7, 11) is 0. The third-order valence-electron chi connectivity index (χ3n) is 2.45. The molecule has 0 radical (unpaired) electrons. The van der Waals surface area contributed by atoms with E-state index in [1.165, 1.54) is 0 Å². The van der Waals surface area contributed by atoms with Crippen LogP contribution in [0.25, 0.3) is 0 Å². The van der Waals surface area contributed by atoms with E-state index in [-0.39, 0.29) is 16.8 Å². The number of likely N-dealkylation sites (tertiary alicyclic amines) is 1. The van der Waals surface area contributed by atoms with Gasteiger partial charge in [-0.1, -0.05) is 15.9 Å². The van der Waals surface area contributed by atoms with Crippen molar-refractivity contribution in [2.45, 2.75) is 24.2 Å². The maximum Gasteiger partial charge on any atom is 0.237 e. The van der Waals surface area contributed by atoms with Crippen LogP contribution in [0.5, 0.6) is 0 Å². The predicted octanol–water partition coefficient (Wildman–Crippen LogP) is 2.20. The molecule has 1 saturated heterocycles. The fraction of sp³-hybridized carbons (Fsp3) is 0.556. The monoisotopic (exact) mass is 274 g/mol. The summed E-state index contributed by atoms with van der Waals surface area (Å²) in [5, 5.41) is 2.96. The van der Waals surface area contributed by atoms with E-state index >= 15 is 0 Å². The summed E-state index contributed by atoms with van der Waals surface area (Å²) in [6.07, 6.45) is 2.68. The highest BCUT2D eigenvalue weighted by molar-refractivity contribution is 9.10. The molecule has 1 aliphatic rings. The Kier molecular flexibility index (Phi) is 2.88. The minimum absolute atomic E-state index is 0.00455. The number of hydrogen-bond donors (Lipinski definition) is 0. The zero-order valence-electron chi connectivity index (χ0n) is 7.81. The second kappa shape index (κ2) is 3.98. The molecule has 0 aliphatic carbocycles. The molecule has 1 aromatic heterocycles. The normalized spacial score (nSPS) is 24.3. The second-order valence-electron chi connectivity index (χ2n) is 3.33. The number of hydrogen-bond acceptors (Lipinski definition) is 3. The molecule has 5 heteroatoms. The molecule has 0 saturated carbocycles. The topological polar surface area (TPSA) is 33.2 Å². The fourth-order valence-electron chi connectivity index (χ4n) is 1.62. The third kappa shape index (κ3) is 1.70. The number of thiazole rings is 1. The van der Waals surface area contributed by atoms with Crippen LogP contribution in [0.2, 0.25) is 0 Å². The van der Waals surface area contributed by atoms with Crippen LogP contribution in [-0.2, 0) is 4.79 Å². The molecular weight excluding hydrogens is 264 g/mol. The van der Waals surface area contributed by atoms with E-state index in [0.29, 0.717) is 0 Å². The van der Waals surface area contributed by atoms with Crippen molar-refractivity contribution in [3.05, 3.63) is 16.6 Å². The Morgan fingerprint density at radius 1 is 1.79 bits per heavy atom. The van der Waals surface area contributed by atoms with E-state index in [1.54, 1.807) is 17.5 Å². The van der Waals surface area contributed by atoms with Crippen molar-refractivity contribution >= 4 is 33.2 Å². The molecule has 1 aliphatic heterocycles. The van der Waals surface area contributed by atoms with Crippen molar-refractivity contribution in [1.29, 1.82) is 0 Å². The molecule has 76 valence electrons. The maximum atomic E-state index is 11.7. The summed E-state index contributed by atoms with van der Waals surface area (Å²) in [6.45, 7) is 2.86. The van der Waals surface area contributed by atoms with Crippen LogP contribution in [0.4, 0.5) is 0 Å². The molecule has 1 amide bonds. The molecule has 1 aromatic rings. The Morgan fingerprint density at radius 2 is 2.57 bits per heavy atom. The molecule has 0 N–H and O–H groups in total. The van der Waals surface area contributed by atoms with E-state index in [9.17, 15) is 4.79 Å². The van der Waals surface area contributed by atoms with Crippen LogP contribution >= 0.6 is 27.3 Å². The highest BCUT2D eigenvalue weighted by atomic mass is 79.9. The number of carbonyl (C=O) groups is 1. The van der Waals surface area contributed by atoms with Gasteiger partial charge in [0, 0.05) is 18.1 Å². The van der Waals surface area contributed by atoms with E-state index < -0.39 is 0 Å². The second-order valence-corrected chi connectivity index (χ2v) is 5.37. The van der Waals surface area contributed by atoms with Crippen molar-refractivity contribution < 1.29 is 4.79 Å². The minimum Gasteiger partial charge on any atom is -0.332 e. The highest BCUT2D eigenvalue weighted by Crippen LogP contribution is 2.29. The lowest BCUT2D eigenvalue weighted by molar-refractivity contribution is -0.128. The Balaban J connectivity index is 2.13. The summed E-state index contributed by atoms with van der Waals surface area (Å²) in [5.74, 6) is 0.188. The van der Waals surface area contributed by atoms with Crippen molar-refractivity contribution in [3.63, 3.8) is 0 Å². The van der Waals surface area contributed by atoms with Gasteiger partial charge in [0.15, 0.2) is 0 Å². The molecule has 2 heterocycles. The smallest absolute Gasteiger partial charge is 0.237 e. The van der Waals surface area contributed by atoms with Gasteiger partial charge in [-0.3, -0.25) is 4.79 Å². The van der Waals surface area contributed by atoms with Crippen molar-refractivity contribution in [1.82, 2.24) is 9.88 Å². The summed E-state index contributed by atoms with van der Waals surface area (Å²) in [4.78, 5) is 17.8. The molecule has 14 heavy (non-hydrogen) atoms. The zero-order chi connectivity index (χ0) is 10.1.